The number of benzene rings is 1. The van der Waals surface area contributed by atoms with Gasteiger partial charge < -0.3 is 9.73 Å². The Hall–Kier alpha value is -1.79. The molecule has 1 N–H and O–H groups in total. The standard InChI is InChI=1S/C15H18N2O3S/c18-21(19,17-10-4-5-11-17)15-9-8-14(20-15)12-16-13-6-2-1-3-7-13/h1-3,6-9,16H,4-5,10-12H2. The number of nitrogens with zero attached hydrogens (tertiary/aromatic N) is 1. The zero-order valence-electron chi connectivity index (χ0n) is 11.7. The van der Waals surface area contributed by atoms with E-state index in [4.69, 9.17) is 4.42 Å². The van der Waals surface area contributed by atoms with E-state index in [1.54, 1.807) is 6.07 Å². The van der Waals surface area contributed by atoms with E-state index < -0.39 is 10.0 Å². The van der Waals surface area contributed by atoms with Gasteiger partial charge in [-0.15, -0.1) is 0 Å². The minimum Gasteiger partial charge on any atom is -0.446 e. The zero-order chi connectivity index (χ0) is 14.7. The van der Waals surface area contributed by atoms with Crippen LogP contribution in [0.3, 0.4) is 0 Å². The van der Waals surface area contributed by atoms with Gasteiger partial charge in [-0.3, -0.25) is 0 Å². The first-order valence-electron chi connectivity index (χ1n) is 7.04. The summed E-state index contributed by atoms with van der Waals surface area (Å²) in [5.74, 6) is 0.608. The molecular formula is C15H18N2O3S. The van der Waals surface area contributed by atoms with Gasteiger partial charge >= 0.3 is 0 Å². The van der Waals surface area contributed by atoms with Gasteiger partial charge in [-0.05, 0) is 37.1 Å². The van der Waals surface area contributed by atoms with Crippen molar-refractivity contribution in [3.05, 3.63) is 48.2 Å². The number of anilines is 1. The Morgan fingerprint density at radius 3 is 2.48 bits per heavy atom. The molecule has 1 aliphatic heterocycles. The molecule has 0 unspecified atom stereocenters. The van der Waals surface area contributed by atoms with Gasteiger partial charge in [0, 0.05) is 18.8 Å². The number of rotatable bonds is 5. The second-order valence-electron chi connectivity index (χ2n) is 5.05. The van der Waals surface area contributed by atoms with Crippen molar-refractivity contribution >= 4 is 15.7 Å². The molecule has 6 heteroatoms. The Labute approximate surface area is 124 Å². The molecule has 21 heavy (non-hydrogen) atoms. The average molecular weight is 306 g/mol. The summed E-state index contributed by atoms with van der Waals surface area (Å²) in [4.78, 5) is 0. The lowest BCUT2D eigenvalue weighted by Crippen LogP contribution is -2.27. The molecule has 0 amide bonds. The predicted octanol–water partition coefficient (Wildman–Crippen LogP) is 2.68. The average Bonchev–Trinajstić information content (AvgIpc) is 3.18. The molecule has 0 saturated carbocycles. The monoisotopic (exact) mass is 306 g/mol. The summed E-state index contributed by atoms with van der Waals surface area (Å²) in [7, 11) is -3.46. The van der Waals surface area contributed by atoms with Gasteiger partial charge in [0.1, 0.15) is 5.76 Å². The fourth-order valence-corrected chi connectivity index (χ4v) is 3.84. The van der Waals surface area contributed by atoms with E-state index in [0.29, 0.717) is 25.4 Å². The van der Waals surface area contributed by atoms with Crippen LogP contribution in [0, 0.1) is 0 Å². The molecule has 2 aromatic rings. The molecular weight excluding hydrogens is 288 g/mol. The number of hydrogen-bond acceptors (Lipinski definition) is 4. The van der Waals surface area contributed by atoms with Crippen molar-refractivity contribution in [2.24, 2.45) is 0 Å². The molecule has 5 nitrogen and oxygen atoms in total. The van der Waals surface area contributed by atoms with Crippen molar-refractivity contribution in [2.75, 3.05) is 18.4 Å². The van der Waals surface area contributed by atoms with E-state index in [0.717, 1.165) is 18.5 Å². The third-order valence-corrected chi connectivity index (χ3v) is 5.31. The van der Waals surface area contributed by atoms with Gasteiger partial charge in [-0.25, -0.2) is 8.42 Å². The molecule has 1 aromatic carbocycles. The third-order valence-electron chi connectivity index (χ3n) is 3.54. The van der Waals surface area contributed by atoms with Crippen LogP contribution in [0.5, 0.6) is 0 Å². The number of nitrogens with one attached hydrogen (secondary N) is 1. The second-order valence-corrected chi connectivity index (χ2v) is 6.92. The van der Waals surface area contributed by atoms with Crippen molar-refractivity contribution < 1.29 is 12.8 Å². The number of furan rings is 1. The van der Waals surface area contributed by atoms with E-state index in [1.165, 1.54) is 10.4 Å². The summed E-state index contributed by atoms with van der Waals surface area (Å²) in [6, 6.07) is 13.0. The van der Waals surface area contributed by atoms with Crippen LogP contribution in [0.1, 0.15) is 18.6 Å². The Balaban J connectivity index is 1.68. The van der Waals surface area contributed by atoms with Crippen molar-refractivity contribution in [1.82, 2.24) is 4.31 Å². The molecule has 0 aliphatic carbocycles. The van der Waals surface area contributed by atoms with Gasteiger partial charge in [0.05, 0.1) is 6.54 Å². The molecule has 0 bridgehead atoms. The van der Waals surface area contributed by atoms with Crippen LogP contribution in [-0.4, -0.2) is 25.8 Å². The largest absolute Gasteiger partial charge is 0.446 e. The fourth-order valence-electron chi connectivity index (χ4n) is 2.39. The van der Waals surface area contributed by atoms with Crippen molar-refractivity contribution in [1.29, 1.82) is 0 Å². The summed E-state index contributed by atoms with van der Waals surface area (Å²) in [6.45, 7) is 1.63. The van der Waals surface area contributed by atoms with Crippen molar-refractivity contribution in [2.45, 2.75) is 24.5 Å². The maximum atomic E-state index is 12.3. The highest BCUT2D eigenvalue weighted by molar-refractivity contribution is 7.89. The van der Waals surface area contributed by atoms with E-state index in [1.807, 2.05) is 30.3 Å². The van der Waals surface area contributed by atoms with Gasteiger partial charge in [0.25, 0.3) is 10.0 Å². The Kier molecular flexibility index (Phi) is 3.98. The molecule has 112 valence electrons. The molecule has 3 rings (SSSR count). The maximum absolute atomic E-state index is 12.3. The first kappa shape index (κ1) is 14.2. The number of hydrogen-bond donors (Lipinski definition) is 1. The first-order chi connectivity index (χ1) is 10.2. The third kappa shape index (κ3) is 3.11. The zero-order valence-corrected chi connectivity index (χ0v) is 12.5. The lowest BCUT2D eigenvalue weighted by Gasteiger charge is -2.12. The van der Waals surface area contributed by atoms with Crippen LogP contribution in [0.2, 0.25) is 0 Å². The Morgan fingerprint density at radius 2 is 1.76 bits per heavy atom. The van der Waals surface area contributed by atoms with Gasteiger partial charge in [-0.1, -0.05) is 18.2 Å². The van der Waals surface area contributed by atoms with E-state index in [9.17, 15) is 8.42 Å². The van der Waals surface area contributed by atoms with E-state index in [2.05, 4.69) is 5.32 Å². The number of sulfonamides is 1. The highest BCUT2D eigenvalue weighted by Crippen LogP contribution is 2.23. The first-order valence-corrected chi connectivity index (χ1v) is 8.48. The smallest absolute Gasteiger partial charge is 0.276 e. The highest BCUT2D eigenvalue weighted by atomic mass is 32.2. The van der Waals surface area contributed by atoms with Crippen LogP contribution >= 0.6 is 0 Å². The van der Waals surface area contributed by atoms with Crippen LogP contribution in [0.15, 0.2) is 52.0 Å². The molecule has 1 aliphatic rings. The Bertz CT molecular complexity index is 689. The Morgan fingerprint density at radius 1 is 1.05 bits per heavy atom. The molecule has 0 spiro atoms. The second kappa shape index (κ2) is 5.91. The molecule has 2 heterocycles. The van der Waals surface area contributed by atoms with Crippen LogP contribution in [-0.2, 0) is 16.6 Å². The van der Waals surface area contributed by atoms with Gasteiger partial charge in [-0.2, -0.15) is 4.31 Å². The molecule has 1 fully saturated rings. The van der Waals surface area contributed by atoms with E-state index >= 15 is 0 Å². The summed E-state index contributed by atoms with van der Waals surface area (Å²) in [6.07, 6.45) is 1.84. The summed E-state index contributed by atoms with van der Waals surface area (Å²) in [5, 5.41) is 3.23. The van der Waals surface area contributed by atoms with Gasteiger partial charge in [0.2, 0.25) is 5.09 Å². The lowest BCUT2D eigenvalue weighted by molar-refractivity contribution is 0.392. The highest BCUT2D eigenvalue weighted by Gasteiger charge is 2.29. The minimum atomic E-state index is -3.46. The predicted molar refractivity (Wildman–Crippen MR) is 80.5 cm³/mol. The van der Waals surface area contributed by atoms with Crippen LogP contribution in [0.25, 0.3) is 0 Å². The fraction of sp³-hybridized carbons (Fsp3) is 0.333. The van der Waals surface area contributed by atoms with E-state index in [-0.39, 0.29) is 5.09 Å². The molecule has 1 aromatic heterocycles. The minimum absolute atomic E-state index is 0.0364. The lowest BCUT2D eigenvalue weighted by atomic mass is 10.3. The SMILES string of the molecule is O=S(=O)(c1ccc(CNc2ccccc2)o1)N1CCCC1. The normalized spacial score (nSPS) is 16.2. The van der Waals surface area contributed by atoms with Crippen molar-refractivity contribution in [3.63, 3.8) is 0 Å². The summed E-state index contributed by atoms with van der Waals surface area (Å²) in [5.41, 5.74) is 0.970. The maximum Gasteiger partial charge on any atom is 0.276 e. The van der Waals surface area contributed by atoms with Gasteiger partial charge in [0.15, 0.2) is 0 Å². The molecule has 0 atom stereocenters. The van der Waals surface area contributed by atoms with Crippen LogP contribution < -0.4 is 5.32 Å². The molecule has 0 radical (unpaired) electrons. The topological polar surface area (TPSA) is 62.6 Å². The number of para-hydroxylation sites is 1. The van der Waals surface area contributed by atoms with Crippen molar-refractivity contribution in [3.8, 4) is 0 Å². The summed E-state index contributed by atoms with van der Waals surface area (Å²) >= 11 is 0. The molecule has 1 saturated heterocycles. The quantitative estimate of drug-likeness (QED) is 0.922. The summed E-state index contributed by atoms with van der Waals surface area (Å²) < 4.78 is 31.6. The van der Waals surface area contributed by atoms with Crippen LogP contribution in [0.4, 0.5) is 5.69 Å².